The number of ether oxygens (including phenoxy) is 4. The second kappa shape index (κ2) is 11.5. The Kier molecular flexibility index (Phi) is 11.0. The van der Waals surface area contributed by atoms with Crippen molar-refractivity contribution in [2.24, 2.45) is 0 Å². The van der Waals surface area contributed by atoms with E-state index in [0.717, 1.165) is 0 Å². The van der Waals surface area contributed by atoms with Gasteiger partial charge in [0.05, 0.1) is 19.8 Å². The van der Waals surface area contributed by atoms with Crippen LogP contribution in [0, 0.1) is 12.3 Å². The van der Waals surface area contributed by atoms with E-state index in [1.165, 1.54) is 0 Å². The maximum atomic E-state index is 5.30. The third-order valence-electron chi connectivity index (χ3n) is 1.52. The molecule has 0 spiro atoms. The number of hydrogen-bond donors (Lipinski definition) is 0. The zero-order valence-corrected chi connectivity index (χ0v) is 9.53. The molecule has 0 aliphatic rings. The topological polar surface area (TPSA) is 36.9 Å². The Balaban J connectivity index is 3.32. The molecule has 0 fully saturated rings. The Bertz CT molecular complexity index is 158. The molecular weight excluding hydrogens is 196 g/mol. The second-order valence-electron chi connectivity index (χ2n) is 2.67. The van der Waals surface area contributed by atoms with E-state index in [1.54, 1.807) is 0 Å². The monoisotopic (exact) mass is 216 g/mol. The maximum Gasteiger partial charge on any atom is 0.180 e. The molecule has 0 aromatic heterocycles. The van der Waals surface area contributed by atoms with Gasteiger partial charge in [-0.25, -0.2) is 0 Å². The lowest BCUT2D eigenvalue weighted by Crippen LogP contribution is -2.24. The van der Waals surface area contributed by atoms with E-state index in [1.807, 2.05) is 13.8 Å². The fourth-order valence-electron chi connectivity index (χ4n) is 0.945. The van der Waals surface area contributed by atoms with Crippen molar-refractivity contribution >= 4 is 0 Å². The fraction of sp³-hybridized carbons (Fsp3) is 0.818. The van der Waals surface area contributed by atoms with E-state index in [4.69, 9.17) is 25.4 Å². The largest absolute Gasteiger partial charge is 0.374 e. The minimum Gasteiger partial charge on any atom is -0.374 e. The smallest absolute Gasteiger partial charge is 0.180 e. The van der Waals surface area contributed by atoms with Crippen molar-refractivity contribution in [1.82, 2.24) is 0 Å². The maximum absolute atomic E-state index is 5.30. The van der Waals surface area contributed by atoms with Crippen LogP contribution in [0.4, 0.5) is 0 Å². The van der Waals surface area contributed by atoms with Gasteiger partial charge in [-0.1, -0.05) is 5.92 Å². The molecular formula is C11H20O4. The normalized spacial score (nSPS) is 10.5. The Hall–Kier alpha value is -0.600. The molecule has 0 saturated heterocycles. The third-order valence-corrected chi connectivity index (χ3v) is 1.52. The lowest BCUT2D eigenvalue weighted by molar-refractivity contribution is -0.169. The van der Waals surface area contributed by atoms with Gasteiger partial charge < -0.3 is 18.9 Å². The van der Waals surface area contributed by atoms with E-state index in [-0.39, 0.29) is 6.29 Å². The first kappa shape index (κ1) is 14.4. The molecule has 0 radical (unpaired) electrons. The van der Waals surface area contributed by atoms with Crippen molar-refractivity contribution in [3.63, 3.8) is 0 Å². The molecule has 0 rings (SSSR count). The standard InChI is InChI=1S/C11H20O4/c1-4-7-12-8-9-13-10-11(14-5-2)15-6-3/h1,11H,5-10H2,2-3H3. The van der Waals surface area contributed by atoms with E-state index < -0.39 is 0 Å². The summed E-state index contributed by atoms with van der Waals surface area (Å²) in [5.74, 6) is 2.38. The van der Waals surface area contributed by atoms with Crippen LogP contribution < -0.4 is 0 Å². The van der Waals surface area contributed by atoms with Gasteiger partial charge >= 0.3 is 0 Å². The number of rotatable bonds is 10. The molecule has 4 heteroatoms. The van der Waals surface area contributed by atoms with Crippen molar-refractivity contribution < 1.29 is 18.9 Å². The van der Waals surface area contributed by atoms with Gasteiger partial charge in [-0.3, -0.25) is 0 Å². The lowest BCUT2D eigenvalue weighted by atomic mass is 10.6. The zero-order valence-electron chi connectivity index (χ0n) is 9.53. The van der Waals surface area contributed by atoms with Crippen molar-refractivity contribution in [3.8, 4) is 12.3 Å². The number of terminal acetylenes is 1. The molecule has 0 aliphatic carbocycles. The summed E-state index contributed by atoms with van der Waals surface area (Å²) in [6.45, 7) is 6.80. The lowest BCUT2D eigenvalue weighted by Gasteiger charge is -2.16. The van der Waals surface area contributed by atoms with Gasteiger partial charge in [0.2, 0.25) is 0 Å². The van der Waals surface area contributed by atoms with Gasteiger partial charge in [-0.2, -0.15) is 0 Å². The SMILES string of the molecule is C#CCOCCOCC(OCC)OCC. The van der Waals surface area contributed by atoms with Crippen molar-refractivity contribution in [2.45, 2.75) is 20.1 Å². The highest BCUT2D eigenvalue weighted by Crippen LogP contribution is 1.96. The van der Waals surface area contributed by atoms with E-state index in [0.29, 0.717) is 39.6 Å². The molecule has 0 unspecified atom stereocenters. The first-order valence-corrected chi connectivity index (χ1v) is 5.17. The third kappa shape index (κ3) is 9.70. The van der Waals surface area contributed by atoms with E-state index in [9.17, 15) is 0 Å². The minimum atomic E-state index is -0.285. The highest BCUT2D eigenvalue weighted by molar-refractivity contribution is 4.82. The van der Waals surface area contributed by atoms with Crippen LogP contribution in [-0.4, -0.2) is 45.9 Å². The summed E-state index contributed by atoms with van der Waals surface area (Å²) in [5, 5.41) is 0. The molecule has 0 aromatic carbocycles. The summed E-state index contributed by atoms with van der Waals surface area (Å²) in [4.78, 5) is 0. The molecule has 0 aliphatic heterocycles. The average Bonchev–Trinajstić information content (AvgIpc) is 2.24. The minimum absolute atomic E-state index is 0.285. The quantitative estimate of drug-likeness (QED) is 0.311. The van der Waals surface area contributed by atoms with Crippen LogP contribution in [0.5, 0.6) is 0 Å². The van der Waals surface area contributed by atoms with Crippen molar-refractivity contribution in [2.75, 3.05) is 39.6 Å². The molecule has 0 heterocycles. The van der Waals surface area contributed by atoms with E-state index >= 15 is 0 Å². The molecule has 4 nitrogen and oxygen atoms in total. The predicted octanol–water partition coefficient (Wildman–Crippen LogP) is 1.05. The second-order valence-corrected chi connectivity index (χ2v) is 2.67. The molecule has 0 amide bonds. The Morgan fingerprint density at radius 3 is 2.20 bits per heavy atom. The predicted molar refractivity (Wildman–Crippen MR) is 57.5 cm³/mol. The Morgan fingerprint density at radius 2 is 1.67 bits per heavy atom. The van der Waals surface area contributed by atoms with Crippen LogP contribution in [-0.2, 0) is 18.9 Å². The molecule has 15 heavy (non-hydrogen) atoms. The van der Waals surface area contributed by atoms with Crippen LogP contribution in [0.3, 0.4) is 0 Å². The van der Waals surface area contributed by atoms with Crippen LogP contribution in [0.1, 0.15) is 13.8 Å². The molecule has 0 bridgehead atoms. The van der Waals surface area contributed by atoms with Gasteiger partial charge in [0.1, 0.15) is 6.61 Å². The molecule has 0 atom stereocenters. The van der Waals surface area contributed by atoms with E-state index in [2.05, 4.69) is 5.92 Å². The van der Waals surface area contributed by atoms with Gasteiger partial charge in [-0.05, 0) is 13.8 Å². The summed E-state index contributed by atoms with van der Waals surface area (Å²) in [5.41, 5.74) is 0. The summed E-state index contributed by atoms with van der Waals surface area (Å²) in [6.07, 6.45) is 4.73. The summed E-state index contributed by atoms with van der Waals surface area (Å²) in [6, 6.07) is 0. The molecule has 88 valence electrons. The molecule has 0 saturated carbocycles. The highest BCUT2D eigenvalue weighted by Gasteiger charge is 2.06. The van der Waals surface area contributed by atoms with Crippen LogP contribution in [0.25, 0.3) is 0 Å². The highest BCUT2D eigenvalue weighted by atomic mass is 16.7. The van der Waals surface area contributed by atoms with Crippen molar-refractivity contribution in [3.05, 3.63) is 0 Å². The van der Waals surface area contributed by atoms with Gasteiger partial charge in [0.25, 0.3) is 0 Å². The van der Waals surface area contributed by atoms with Crippen LogP contribution in [0.2, 0.25) is 0 Å². The van der Waals surface area contributed by atoms with Gasteiger partial charge in [0, 0.05) is 13.2 Å². The first-order chi connectivity index (χ1) is 7.35. The Labute approximate surface area is 91.8 Å². The van der Waals surface area contributed by atoms with Crippen molar-refractivity contribution in [1.29, 1.82) is 0 Å². The van der Waals surface area contributed by atoms with Crippen LogP contribution >= 0.6 is 0 Å². The first-order valence-electron chi connectivity index (χ1n) is 5.17. The van der Waals surface area contributed by atoms with Gasteiger partial charge in [0.15, 0.2) is 6.29 Å². The summed E-state index contributed by atoms with van der Waals surface area (Å²) < 4.78 is 20.9. The summed E-state index contributed by atoms with van der Waals surface area (Å²) in [7, 11) is 0. The number of hydrogen-bond acceptors (Lipinski definition) is 4. The zero-order chi connectivity index (χ0) is 11.4. The van der Waals surface area contributed by atoms with Crippen LogP contribution in [0.15, 0.2) is 0 Å². The summed E-state index contributed by atoms with van der Waals surface area (Å²) >= 11 is 0. The Morgan fingerprint density at radius 1 is 1.07 bits per heavy atom. The molecule has 0 aromatic rings. The fourth-order valence-corrected chi connectivity index (χ4v) is 0.945. The molecule has 0 N–H and O–H groups in total. The van der Waals surface area contributed by atoms with Gasteiger partial charge in [-0.15, -0.1) is 6.42 Å². The average molecular weight is 216 g/mol.